The van der Waals surface area contributed by atoms with E-state index >= 15 is 0 Å². The normalized spacial score (nSPS) is 21.7. The van der Waals surface area contributed by atoms with Crippen LogP contribution in [0.2, 0.25) is 0 Å². The molecule has 10 heteroatoms. The molecule has 32 heavy (non-hydrogen) atoms. The molecule has 8 nitrogen and oxygen atoms in total. The summed E-state index contributed by atoms with van der Waals surface area (Å²) in [7, 11) is 0. The zero-order valence-corrected chi connectivity index (χ0v) is 18.2. The molecular weight excluding hydrogens is 418 g/mol. The van der Waals surface area contributed by atoms with Crippen molar-refractivity contribution < 1.29 is 18.4 Å². The number of likely N-dealkylation sites (tertiary alicyclic amines) is 1. The van der Waals surface area contributed by atoms with Crippen molar-refractivity contribution in [2.45, 2.75) is 70.1 Å². The topological polar surface area (TPSA) is 104 Å². The molecule has 4 rings (SSSR count). The van der Waals surface area contributed by atoms with E-state index in [9.17, 15) is 18.4 Å². The molecule has 1 aliphatic carbocycles. The van der Waals surface area contributed by atoms with E-state index in [1.807, 2.05) is 13.8 Å². The molecule has 2 N–H and O–H groups in total. The van der Waals surface area contributed by atoms with Gasteiger partial charge in [-0.1, -0.05) is 32.8 Å². The smallest absolute Gasteiger partial charge is 0.243 e. The monoisotopic (exact) mass is 446 g/mol. The van der Waals surface area contributed by atoms with Gasteiger partial charge in [-0.05, 0) is 24.3 Å². The fourth-order valence-corrected chi connectivity index (χ4v) is 4.17. The third kappa shape index (κ3) is 5.11. The average Bonchev–Trinajstić information content (AvgIpc) is 3.24. The summed E-state index contributed by atoms with van der Waals surface area (Å²) in [5.74, 6) is -0.931. The number of H-pyrrole nitrogens is 1. The number of pyridine rings is 1. The van der Waals surface area contributed by atoms with Gasteiger partial charge in [0.15, 0.2) is 0 Å². The highest BCUT2D eigenvalue weighted by Gasteiger charge is 2.41. The fourth-order valence-electron chi connectivity index (χ4n) is 4.17. The molecule has 1 saturated heterocycles. The zero-order chi connectivity index (χ0) is 22.8. The van der Waals surface area contributed by atoms with Gasteiger partial charge in [0.1, 0.15) is 12.2 Å². The van der Waals surface area contributed by atoms with E-state index in [-0.39, 0.29) is 31.2 Å². The second-order valence-corrected chi connectivity index (χ2v) is 9.04. The van der Waals surface area contributed by atoms with Gasteiger partial charge in [0.05, 0.1) is 36.6 Å². The summed E-state index contributed by atoms with van der Waals surface area (Å²) in [6, 6.07) is 2.03. The highest BCUT2D eigenvalue weighted by atomic mass is 19.1. The van der Waals surface area contributed by atoms with Gasteiger partial charge in [0.2, 0.25) is 17.8 Å². The maximum atomic E-state index is 14.5. The van der Waals surface area contributed by atoms with Gasteiger partial charge in [-0.25, -0.2) is 9.37 Å². The number of aromatic nitrogens is 4. The van der Waals surface area contributed by atoms with Crippen LogP contribution in [0.3, 0.4) is 0 Å². The van der Waals surface area contributed by atoms with Crippen molar-refractivity contribution in [2.75, 3.05) is 6.54 Å². The minimum atomic E-state index is -1.28. The number of carbonyl (C=O) groups is 2. The molecule has 1 saturated carbocycles. The van der Waals surface area contributed by atoms with Crippen LogP contribution in [0, 0.1) is 11.9 Å². The van der Waals surface area contributed by atoms with Crippen LogP contribution in [0.15, 0.2) is 18.3 Å². The van der Waals surface area contributed by atoms with E-state index in [0.29, 0.717) is 29.3 Å². The van der Waals surface area contributed by atoms with Gasteiger partial charge < -0.3 is 10.2 Å². The number of halogens is 2. The molecule has 2 aliphatic rings. The first-order chi connectivity index (χ1) is 15.3. The van der Waals surface area contributed by atoms with Crippen molar-refractivity contribution in [2.24, 2.45) is 5.92 Å². The summed E-state index contributed by atoms with van der Waals surface area (Å²) in [6.45, 7) is 3.64. The van der Waals surface area contributed by atoms with Crippen LogP contribution in [0.1, 0.15) is 68.4 Å². The molecule has 1 aliphatic heterocycles. The molecule has 3 heterocycles. The molecule has 2 amide bonds. The Morgan fingerprint density at radius 1 is 1.31 bits per heavy atom. The lowest BCUT2D eigenvalue weighted by molar-refractivity contribution is -0.138. The van der Waals surface area contributed by atoms with Crippen LogP contribution < -0.4 is 5.32 Å². The van der Waals surface area contributed by atoms with Crippen molar-refractivity contribution in [1.29, 1.82) is 0 Å². The Hall–Kier alpha value is -2.91. The van der Waals surface area contributed by atoms with Gasteiger partial charge in [-0.3, -0.25) is 9.59 Å². The number of alkyl halides is 1. The Bertz CT molecular complexity index is 963. The third-order valence-corrected chi connectivity index (χ3v) is 6.13. The lowest BCUT2D eigenvalue weighted by Crippen LogP contribution is -2.47. The van der Waals surface area contributed by atoms with Crippen molar-refractivity contribution in [1.82, 2.24) is 30.6 Å². The quantitative estimate of drug-likeness (QED) is 0.607. The molecule has 2 fully saturated rings. The van der Waals surface area contributed by atoms with Crippen LogP contribution in [0.5, 0.6) is 0 Å². The molecule has 0 spiro atoms. The average molecular weight is 447 g/mol. The minimum absolute atomic E-state index is 0.00251. The number of aromatic amines is 1. The van der Waals surface area contributed by atoms with Crippen LogP contribution in [0.25, 0.3) is 0 Å². The molecule has 0 bridgehead atoms. The minimum Gasteiger partial charge on any atom is -0.346 e. The lowest BCUT2D eigenvalue weighted by atomic mass is 10.0. The van der Waals surface area contributed by atoms with Gasteiger partial charge in [0.25, 0.3) is 0 Å². The number of rotatable bonds is 8. The molecule has 0 radical (unpaired) electrons. The van der Waals surface area contributed by atoms with Crippen LogP contribution >= 0.6 is 0 Å². The zero-order valence-electron chi connectivity index (χ0n) is 18.2. The molecule has 1 unspecified atom stereocenters. The van der Waals surface area contributed by atoms with Gasteiger partial charge in [-0.2, -0.15) is 19.8 Å². The van der Waals surface area contributed by atoms with E-state index in [0.717, 1.165) is 12.8 Å². The predicted molar refractivity (Wildman–Crippen MR) is 112 cm³/mol. The Morgan fingerprint density at radius 2 is 2.09 bits per heavy atom. The summed E-state index contributed by atoms with van der Waals surface area (Å²) in [5.41, 5.74) is 1.39. The molecular formula is C22H28F2N6O2. The maximum Gasteiger partial charge on any atom is 0.243 e. The molecule has 172 valence electrons. The van der Waals surface area contributed by atoms with E-state index in [1.165, 1.54) is 11.1 Å². The van der Waals surface area contributed by atoms with Crippen LogP contribution in [-0.4, -0.2) is 55.9 Å². The Morgan fingerprint density at radius 3 is 2.72 bits per heavy atom. The second kappa shape index (κ2) is 9.30. The number of nitrogens with one attached hydrogen (secondary N) is 2. The molecule has 0 aromatic carbocycles. The van der Waals surface area contributed by atoms with Crippen molar-refractivity contribution >= 4 is 11.8 Å². The summed E-state index contributed by atoms with van der Waals surface area (Å²) >= 11 is 0. The first-order valence-corrected chi connectivity index (χ1v) is 11.1. The van der Waals surface area contributed by atoms with Gasteiger partial charge >= 0.3 is 0 Å². The summed E-state index contributed by atoms with van der Waals surface area (Å²) < 4.78 is 28.7. The Kier molecular flexibility index (Phi) is 6.48. The van der Waals surface area contributed by atoms with E-state index in [1.54, 1.807) is 12.1 Å². The Labute approximate surface area is 185 Å². The summed E-state index contributed by atoms with van der Waals surface area (Å²) in [5, 5.41) is 12.9. The number of hydrogen-bond acceptors (Lipinski definition) is 5. The van der Waals surface area contributed by atoms with Gasteiger partial charge in [0, 0.05) is 12.0 Å². The van der Waals surface area contributed by atoms with E-state index in [4.69, 9.17) is 0 Å². The van der Waals surface area contributed by atoms with Crippen LogP contribution in [-0.2, 0) is 16.0 Å². The third-order valence-electron chi connectivity index (χ3n) is 6.13. The maximum absolute atomic E-state index is 14.5. The van der Waals surface area contributed by atoms with Crippen LogP contribution in [0.4, 0.5) is 8.78 Å². The summed E-state index contributed by atoms with van der Waals surface area (Å²) in [4.78, 5) is 31.2. The lowest BCUT2D eigenvalue weighted by Gasteiger charge is -2.26. The second-order valence-electron chi connectivity index (χ2n) is 9.04. The van der Waals surface area contributed by atoms with Crippen molar-refractivity contribution in [3.63, 3.8) is 0 Å². The van der Waals surface area contributed by atoms with Gasteiger partial charge in [-0.15, -0.1) is 0 Å². The number of carbonyl (C=O) groups excluding carboxylic acids is 2. The van der Waals surface area contributed by atoms with E-state index in [2.05, 4.69) is 25.7 Å². The molecule has 2 aromatic heterocycles. The predicted octanol–water partition coefficient (Wildman–Crippen LogP) is 2.60. The highest BCUT2D eigenvalue weighted by Crippen LogP contribution is 2.38. The van der Waals surface area contributed by atoms with Crippen molar-refractivity contribution in [3.8, 4) is 0 Å². The SMILES string of the molecule is CC(C)c1ccc(C(CC2CC2)NC(=O)[C@@H]2C[C@@H](F)CN2C(=O)Cc2cn[nH]n2)nc1F. The summed E-state index contributed by atoms with van der Waals surface area (Å²) in [6.07, 6.45) is 2.74. The molecule has 3 atom stereocenters. The number of hydrogen-bond donors (Lipinski definition) is 2. The van der Waals surface area contributed by atoms with E-state index < -0.39 is 30.1 Å². The van der Waals surface area contributed by atoms with Crippen molar-refractivity contribution in [3.05, 3.63) is 41.2 Å². The highest BCUT2D eigenvalue weighted by molar-refractivity contribution is 5.89. The number of amides is 2. The Balaban J connectivity index is 1.49. The first-order valence-electron chi connectivity index (χ1n) is 11.1. The number of nitrogens with zero attached hydrogens (tertiary/aromatic N) is 4. The molecule has 2 aromatic rings. The standard InChI is InChI=1S/C22H28F2N6O2/c1-12(2)16-5-6-17(26-21(16)24)18(7-13-3-4-13)27-22(32)19-8-14(23)11-30(19)20(31)9-15-10-25-29-28-15/h5-6,10,12-14,18-19H,3-4,7-9,11H2,1-2H3,(H,27,32)(H,25,28,29)/t14-,18?,19+/m1/s1. The fraction of sp³-hybridized carbons (Fsp3) is 0.591. The largest absolute Gasteiger partial charge is 0.346 e. The first kappa shape index (κ1) is 22.3.